The minimum absolute atomic E-state index is 0.493. The maximum Gasteiger partial charge on any atom is 0.512 e. The number of hydrogen-bond acceptors (Lipinski definition) is 8. The van der Waals surface area contributed by atoms with Crippen LogP contribution in [0.4, 0.5) is 52.7 Å². The Hall–Kier alpha value is -1.12. The third-order valence-electron chi connectivity index (χ3n) is 1.66. The first kappa shape index (κ1) is 31.1. The quantitative estimate of drug-likeness (QED) is 0.470. The van der Waals surface area contributed by atoms with Crippen molar-refractivity contribution in [1.82, 2.24) is 8.25 Å². The molecule has 0 heterocycles. The van der Waals surface area contributed by atoms with Gasteiger partial charge in [-0.1, -0.05) is 8.25 Å². The molecule has 0 aromatic carbocycles. The summed E-state index contributed by atoms with van der Waals surface area (Å²) in [5.41, 5.74) is -24.6. The summed E-state index contributed by atoms with van der Waals surface area (Å²) in [7, 11) is -26.4. The molecule has 26 heteroatoms. The highest BCUT2D eigenvalue weighted by atomic mass is 32.3. The van der Waals surface area contributed by atoms with Crippen molar-refractivity contribution >= 4 is 40.1 Å². The van der Waals surface area contributed by atoms with Gasteiger partial charge in [-0.2, -0.15) is 52.7 Å². The van der Waals surface area contributed by atoms with Crippen LogP contribution in [0.5, 0.6) is 0 Å². The maximum atomic E-state index is 11.5. The molecule has 0 amide bonds. The lowest BCUT2D eigenvalue weighted by Gasteiger charge is -2.11. The normalized spacial score (nSPS) is 15.3. The first-order chi connectivity index (χ1) is 12.4. The molecule has 0 bridgehead atoms. The molecule has 0 aliphatic heterocycles. The summed E-state index contributed by atoms with van der Waals surface area (Å²) in [6, 6.07) is 0. The summed E-state index contributed by atoms with van der Waals surface area (Å²) in [4.78, 5) is 0. The summed E-state index contributed by atoms with van der Waals surface area (Å²) in [6.45, 7) is 0. The number of sulfonamides is 4. The van der Waals surface area contributed by atoms with Gasteiger partial charge < -0.3 is 0 Å². The number of nitrogens with one attached hydrogen (secondary N) is 2. The van der Waals surface area contributed by atoms with E-state index in [-0.39, 0.29) is 0 Å². The van der Waals surface area contributed by atoms with Gasteiger partial charge in [-0.15, -0.1) is 0 Å². The van der Waals surface area contributed by atoms with Crippen LogP contribution in [0.15, 0.2) is 0 Å². The first-order valence-electron chi connectivity index (χ1n) is 5.23. The topological polar surface area (TPSA) is 161 Å². The van der Waals surface area contributed by atoms with Crippen molar-refractivity contribution in [3.63, 3.8) is 0 Å². The molecule has 0 rings (SSSR count). The predicted molar refractivity (Wildman–Crippen MR) is 66.2 cm³/mol. The molecule has 0 radical (unpaired) electrons. The Morgan fingerprint density at radius 2 is 0.433 bits per heavy atom. The zero-order valence-electron chi connectivity index (χ0n) is 12.4. The standard InChI is InChI=1S/2C2HF6NO4S2/c2*3-1(4,5)14(10,11)9-15(12,13)2(6,7)8/h2*9H. The van der Waals surface area contributed by atoms with E-state index in [2.05, 4.69) is 0 Å². The Balaban J connectivity index is 0. The van der Waals surface area contributed by atoms with E-state index in [0.717, 1.165) is 0 Å². The lowest BCUT2D eigenvalue weighted by molar-refractivity contribution is -0.0487. The Labute approximate surface area is 157 Å². The fourth-order valence-corrected chi connectivity index (χ4v) is 4.30. The van der Waals surface area contributed by atoms with E-state index < -0.39 is 70.4 Å². The van der Waals surface area contributed by atoms with E-state index in [1.807, 2.05) is 0 Å². The second-order valence-electron chi connectivity index (χ2n) is 3.96. The number of hydrogen-bond donors (Lipinski definition) is 2. The second kappa shape index (κ2) is 8.43. The number of halogens is 12. The zero-order valence-corrected chi connectivity index (χ0v) is 15.7. The van der Waals surface area contributed by atoms with E-state index in [1.165, 1.54) is 0 Å². The minimum atomic E-state index is -6.60. The third-order valence-corrected chi connectivity index (χ3v) is 7.61. The van der Waals surface area contributed by atoms with Crippen LogP contribution in [0.3, 0.4) is 0 Å². The Bertz CT molecular complexity index is 855. The van der Waals surface area contributed by atoms with Crippen molar-refractivity contribution in [2.24, 2.45) is 0 Å². The molecule has 0 aromatic rings. The van der Waals surface area contributed by atoms with Gasteiger partial charge in [0.2, 0.25) is 0 Å². The highest BCUT2D eigenvalue weighted by molar-refractivity contribution is 8.06. The van der Waals surface area contributed by atoms with Crippen LogP contribution in [0.25, 0.3) is 0 Å². The molecule has 0 aliphatic rings. The highest BCUT2D eigenvalue weighted by Gasteiger charge is 2.56. The lowest BCUT2D eigenvalue weighted by Crippen LogP contribution is -2.45. The molecule has 0 saturated heterocycles. The van der Waals surface area contributed by atoms with Crippen molar-refractivity contribution in [2.75, 3.05) is 0 Å². The molecule has 0 fully saturated rings. The molecule has 0 spiro atoms. The summed E-state index contributed by atoms with van der Waals surface area (Å²) < 4.78 is 217. The fourth-order valence-electron chi connectivity index (χ4n) is 0.478. The van der Waals surface area contributed by atoms with Crippen molar-refractivity contribution < 1.29 is 86.4 Å². The van der Waals surface area contributed by atoms with E-state index in [1.54, 1.807) is 0 Å². The maximum absolute atomic E-state index is 11.5. The first-order valence-corrected chi connectivity index (χ1v) is 11.2. The van der Waals surface area contributed by atoms with E-state index in [4.69, 9.17) is 0 Å². The average Bonchev–Trinajstić information content (AvgIpc) is 2.30. The molecule has 0 atom stereocenters. The van der Waals surface area contributed by atoms with Gasteiger partial charge in [-0.05, 0) is 0 Å². The van der Waals surface area contributed by atoms with Crippen LogP contribution in [0.2, 0.25) is 0 Å². The van der Waals surface area contributed by atoms with Crippen molar-refractivity contribution in [1.29, 1.82) is 0 Å². The lowest BCUT2D eigenvalue weighted by atomic mass is 11.6. The molecule has 0 saturated carbocycles. The SMILES string of the molecule is O=S(=O)(NS(=O)(=O)C(F)(F)F)C(F)(F)F.O=S(=O)(NS(=O)(=O)C(F)(F)F)C(F)(F)F. The molecule has 10 nitrogen and oxygen atoms in total. The summed E-state index contributed by atoms with van der Waals surface area (Å²) in [5, 5.41) is 0. The van der Waals surface area contributed by atoms with Crippen LogP contribution in [-0.2, 0) is 40.1 Å². The largest absolute Gasteiger partial charge is 0.512 e. The molecule has 0 aliphatic carbocycles. The van der Waals surface area contributed by atoms with E-state index >= 15 is 0 Å². The Kier molecular flexibility index (Phi) is 8.73. The minimum Gasteiger partial charge on any atom is -0.202 e. The van der Waals surface area contributed by atoms with E-state index in [9.17, 15) is 86.4 Å². The van der Waals surface area contributed by atoms with Crippen LogP contribution >= 0.6 is 0 Å². The Morgan fingerprint density at radius 3 is 0.500 bits per heavy atom. The number of rotatable bonds is 4. The van der Waals surface area contributed by atoms with Crippen molar-refractivity contribution in [3.05, 3.63) is 0 Å². The average molecular weight is 562 g/mol. The van der Waals surface area contributed by atoms with Gasteiger partial charge in [0, 0.05) is 0 Å². The van der Waals surface area contributed by atoms with Gasteiger partial charge in [0.05, 0.1) is 0 Å². The van der Waals surface area contributed by atoms with Crippen molar-refractivity contribution in [3.8, 4) is 0 Å². The predicted octanol–water partition coefficient (Wildman–Crippen LogP) is 0.550. The van der Waals surface area contributed by atoms with Gasteiger partial charge in [-0.25, -0.2) is 33.7 Å². The summed E-state index contributed by atoms with van der Waals surface area (Å²) >= 11 is 0. The molecule has 0 unspecified atom stereocenters. The fraction of sp³-hybridized carbons (Fsp3) is 1.00. The van der Waals surface area contributed by atoms with Gasteiger partial charge in [-0.3, -0.25) is 0 Å². The van der Waals surface area contributed by atoms with E-state index in [0.29, 0.717) is 0 Å². The molecule has 2 N–H and O–H groups in total. The molecule has 30 heavy (non-hydrogen) atoms. The van der Waals surface area contributed by atoms with Crippen molar-refractivity contribution in [2.45, 2.75) is 22.0 Å². The van der Waals surface area contributed by atoms with Gasteiger partial charge in [0.25, 0.3) is 0 Å². The summed E-state index contributed by atoms with van der Waals surface area (Å²) in [5.74, 6) is 0. The van der Waals surface area contributed by atoms with Gasteiger partial charge >= 0.3 is 62.1 Å². The molecular formula is C4H2F12N2O8S4. The zero-order chi connectivity index (χ0) is 25.4. The van der Waals surface area contributed by atoms with Crippen LogP contribution in [-0.4, -0.2) is 55.7 Å². The molecule has 184 valence electrons. The second-order valence-corrected chi connectivity index (χ2v) is 11.2. The molecular weight excluding hydrogens is 560 g/mol. The monoisotopic (exact) mass is 562 g/mol. The van der Waals surface area contributed by atoms with Crippen LogP contribution < -0.4 is 8.25 Å². The highest BCUT2D eigenvalue weighted by Crippen LogP contribution is 2.28. The number of alkyl halides is 12. The molecule has 0 aromatic heterocycles. The third kappa shape index (κ3) is 8.19. The summed E-state index contributed by atoms with van der Waals surface area (Å²) in [6.07, 6.45) is 0. The van der Waals surface area contributed by atoms with Crippen LogP contribution in [0, 0.1) is 0 Å². The van der Waals surface area contributed by atoms with Crippen LogP contribution in [0.1, 0.15) is 0 Å². The smallest absolute Gasteiger partial charge is 0.202 e. The van der Waals surface area contributed by atoms with Gasteiger partial charge in [0.15, 0.2) is 0 Å². The Morgan fingerprint density at radius 1 is 0.333 bits per heavy atom. The van der Waals surface area contributed by atoms with Gasteiger partial charge in [0.1, 0.15) is 0 Å².